The van der Waals surface area contributed by atoms with Gasteiger partial charge in [-0.25, -0.2) is 9.18 Å². The molecule has 2 saturated heterocycles. The minimum absolute atomic E-state index is 0.0992. The van der Waals surface area contributed by atoms with E-state index in [1.54, 1.807) is 17.7 Å². The Morgan fingerprint density at radius 1 is 1.19 bits per heavy atom. The van der Waals surface area contributed by atoms with Gasteiger partial charge in [0.2, 0.25) is 5.43 Å². The van der Waals surface area contributed by atoms with E-state index in [0.29, 0.717) is 23.3 Å². The Kier molecular flexibility index (Phi) is 3.99. The molecule has 2 atom stereocenters. The highest BCUT2D eigenvalue weighted by molar-refractivity contribution is 5.93. The number of carboxylic acids is 1. The lowest BCUT2D eigenvalue weighted by Gasteiger charge is -2.28. The van der Waals surface area contributed by atoms with Crippen LogP contribution in [0.1, 0.15) is 29.6 Å². The predicted molar refractivity (Wildman–Crippen MR) is 97.5 cm³/mol. The first kappa shape index (κ1) is 17.0. The SMILES string of the molecule is CN1C2CCC1CN(c1cc3c(cc1F)c(=O)c(C(=O)O)cn3C)CC2. The van der Waals surface area contributed by atoms with Crippen LogP contribution in [0.15, 0.2) is 23.1 Å². The number of hydrogen-bond donors (Lipinski definition) is 1. The van der Waals surface area contributed by atoms with Gasteiger partial charge in [-0.05, 0) is 38.4 Å². The molecule has 7 heteroatoms. The molecule has 0 radical (unpaired) electrons. The molecule has 2 aliphatic heterocycles. The van der Waals surface area contributed by atoms with E-state index in [2.05, 4.69) is 16.8 Å². The Morgan fingerprint density at radius 2 is 1.92 bits per heavy atom. The number of fused-ring (bicyclic) bond motifs is 3. The summed E-state index contributed by atoms with van der Waals surface area (Å²) in [6.07, 6.45) is 4.60. The van der Waals surface area contributed by atoms with Crippen molar-refractivity contribution in [3.05, 3.63) is 39.9 Å². The van der Waals surface area contributed by atoms with E-state index < -0.39 is 17.2 Å². The third-order valence-electron chi connectivity index (χ3n) is 5.98. The van der Waals surface area contributed by atoms with Crippen molar-refractivity contribution in [2.45, 2.75) is 31.3 Å². The number of benzene rings is 1. The van der Waals surface area contributed by atoms with Crippen LogP contribution in [0.25, 0.3) is 10.9 Å². The van der Waals surface area contributed by atoms with Crippen LogP contribution in [0.3, 0.4) is 0 Å². The molecule has 1 N–H and O–H groups in total. The molecule has 0 saturated carbocycles. The zero-order chi connectivity index (χ0) is 18.6. The van der Waals surface area contributed by atoms with E-state index in [4.69, 9.17) is 0 Å². The lowest BCUT2D eigenvalue weighted by atomic mass is 10.1. The molecule has 138 valence electrons. The number of rotatable bonds is 2. The summed E-state index contributed by atoms with van der Waals surface area (Å²) in [5.41, 5.74) is 0.0299. The highest BCUT2D eigenvalue weighted by atomic mass is 19.1. The second kappa shape index (κ2) is 6.09. The largest absolute Gasteiger partial charge is 0.477 e. The van der Waals surface area contributed by atoms with Crippen LogP contribution in [0.2, 0.25) is 0 Å². The molecule has 4 rings (SSSR count). The molecule has 0 amide bonds. The first-order chi connectivity index (χ1) is 12.4. The number of pyridine rings is 1. The van der Waals surface area contributed by atoms with Crippen LogP contribution in [0, 0.1) is 5.82 Å². The minimum Gasteiger partial charge on any atom is -0.477 e. The highest BCUT2D eigenvalue weighted by Crippen LogP contribution is 2.32. The maximum atomic E-state index is 14.9. The zero-order valence-corrected chi connectivity index (χ0v) is 14.9. The van der Waals surface area contributed by atoms with E-state index >= 15 is 0 Å². The van der Waals surface area contributed by atoms with Gasteiger partial charge in [0.05, 0.1) is 11.2 Å². The topological polar surface area (TPSA) is 65.8 Å². The molecule has 0 spiro atoms. The molecule has 2 aromatic rings. The molecule has 2 aliphatic rings. The third-order valence-corrected chi connectivity index (χ3v) is 5.98. The number of aromatic nitrogens is 1. The van der Waals surface area contributed by atoms with Crippen molar-refractivity contribution < 1.29 is 14.3 Å². The van der Waals surface area contributed by atoms with Crippen LogP contribution in [-0.4, -0.2) is 52.8 Å². The van der Waals surface area contributed by atoms with Gasteiger partial charge in [0.1, 0.15) is 11.4 Å². The van der Waals surface area contributed by atoms with Gasteiger partial charge in [0.15, 0.2) is 0 Å². The normalized spacial score (nSPS) is 23.4. The molecule has 1 aromatic carbocycles. The van der Waals surface area contributed by atoms with Crippen LogP contribution < -0.4 is 10.3 Å². The Bertz CT molecular complexity index is 955. The van der Waals surface area contributed by atoms with E-state index in [1.165, 1.54) is 18.7 Å². The first-order valence-corrected chi connectivity index (χ1v) is 8.90. The van der Waals surface area contributed by atoms with Crippen LogP contribution in [-0.2, 0) is 7.05 Å². The average molecular weight is 359 g/mol. The number of hydrogen-bond acceptors (Lipinski definition) is 4. The molecule has 3 heterocycles. The van der Waals surface area contributed by atoms with Gasteiger partial charge in [0.25, 0.3) is 0 Å². The number of halogens is 1. The Labute approximate surface area is 150 Å². The van der Waals surface area contributed by atoms with Crippen molar-refractivity contribution in [3.8, 4) is 0 Å². The van der Waals surface area contributed by atoms with Crippen molar-refractivity contribution in [1.82, 2.24) is 9.47 Å². The molecule has 2 fully saturated rings. The molecule has 26 heavy (non-hydrogen) atoms. The van der Waals surface area contributed by atoms with Gasteiger partial charge in [-0.1, -0.05) is 0 Å². The Hall–Kier alpha value is -2.41. The Morgan fingerprint density at radius 3 is 2.65 bits per heavy atom. The van der Waals surface area contributed by atoms with Crippen molar-refractivity contribution in [1.29, 1.82) is 0 Å². The second-order valence-electron chi connectivity index (χ2n) is 7.39. The molecular weight excluding hydrogens is 337 g/mol. The predicted octanol–water partition coefficient (Wildman–Crippen LogP) is 2.05. The number of aromatic carboxylic acids is 1. The number of anilines is 1. The van der Waals surface area contributed by atoms with Crippen LogP contribution in [0.4, 0.5) is 10.1 Å². The second-order valence-corrected chi connectivity index (χ2v) is 7.39. The van der Waals surface area contributed by atoms with Gasteiger partial charge in [0, 0.05) is 43.8 Å². The molecule has 6 nitrogen and oxygen atoms in total. The van der Waals surface area contributed by atoms with Gasteiger partial charge in [-0.3, -0.25) is 9.69 Å². The van der Waals surface area contributed by atoms with Crippen molar-refractivity contribution >= 4 is 22.6 Å². The number of aryl methyl sites for hydroxylation is 1. The lowest BCUT2D eigenvalue weighted by Crippen LogP contribution is -2.37. The molecule has 2 unspecified atom stereocenters. The van der Waals surface area contributed by atoms with E-state index in [0.717, 1.165) is 25.9 Å². The van der Waals surface area contributed by atoms with E-state index in [9.17, 15) is 19.1 Å². The fourth-order valence-electron chi connectivity index (χ4n) is 4.41. The van der Waals surface area contributed by atoms with Crippen molar-refractivity contribution in [2.24, 2.45) is 7.05 Å². The fourth-order valence-corrected chi connectivity index (χ4v) is 4.41. The first-order valence-electron chi connectivity index (χ1n) is 8.90. The number of likely N-dealkylation sites (N-methyl/N-ethyl adjacent to an activating group) is 1. The molecule has 2 bridgehead atoms. The number of carboxylic acid groups (broad SMARTS) is 1. The zero-order valence-electron chi connectivity index (χ0n) is 14.9. The van der Waals surface area contributed by atoms with Gasteiger partial charge in [-0.15, -0.1) is 0 Å². The van der Waals surface area contributed by atoms with Gasteiger partial charge >= 0.3 is 5.97 Å². The quantitative estimate of drug-likeness (QED) is 0.889. The summed E-state index contributed by atoms with van der Waals surface area (Å²) in [5.74, 6) is -1.78. The number of nitrogens with zero attached hydrogens (tertiary/aromatic N) is 3. The summed E-state index contributed by atoms with van der Waals surface area (Å²) < 4.78 is 16.5. The molecular formula is C19H22FN3O3. The van der Waals surface area contributed by atoms with Gasteiger partial charge in [-0.2, -0.15) is 0 Å². The summed E-state index contributed by atoms with van der Waals surface area (Å²) in [5, 5.41) is 9.27. The van der Waals surface area contributed by atoms with Crippen LogP contribution >= 0.6 is 0 Å². The smallest absolute Gasteiger partial charge is 0.341 e. The standard InChI is InChI=1S/C19H22FN3O3/c1-21-10-14(19(25)26)18(24)13-7-15(20)17(8-16(13)21)23-6-5-11-3-4-12(9-23)22(11)2/h7-8,10-12H,3-6,9H2,1-2H3,(H,25,26). The summed E-state index contributed by atoms with van der Waals surface area (Å²) in [6.45, 7) is 1.53. The maximum absolute atomic E-state index is 14.9. The highest BCUT2D eigenvalue weighted by Gasteiger charge is 2.35. The van der Waals surface area contributed by atoms with Gasteiger partial charge < -0.3 is 14.6 Å². The van der Waals surface area contributed by atoms with Crippen molar-refractivity contribution in [3.63, 3.8) is 0 Å². The van der Waals surface area contributed by atoms with E-state index in [-0.39, 0.29) is 10.9 Å². The monoisotopic (exact) mass is 359 g/mol. The fraction of sp³-hybridized carbons (Fsp3) is 0.474. The summed E-state index contributed by atoms with van der Waals surface area (Å²) in [4.78, 5) is 28.1. The molecule has 1 aromatic heterocycles. The molecule has 0 aliphatic carbocycles. The summed E-state index contributed by atoms with van der Waals surface area (Å²) in [7, 11) is 3.81. The Balaban J connectivity index is 1.81. The maximum Gasteiger partial charge on any atom is 0.341 e. The summed E-state index contributed by atoms with van der Waals surface area (Å²) in [6, 6.07) is 3.83. The van der Waals surface area contributed by atoms with Crippen molar-refractivity contribution in [2.75, 3.05) is 25.0 Å². The van der Waals surface area contributed by atoms with Crippen LogP contribution in [0.5, 0.6) is 0 Å². The average Bonchev–Trinajstić information content (AvgIpc) is 2.83. The summed E-state index contributed by atoms with van der Waals surface area (Å²) >= 11 is 0. The lowest BCUT2D eigenvalue weighted by molar-refractivity contribution is 0.0695. The third kappa shape index (κ3) is 2.58. The minimum atomic E-state index is -1.30. The van der Waals surface area contributed by atoms with E-state index in [1.807, 2.05) is 0 Å². The number of carbonyl (C=O) groups is 1.